The van der Waals surface area contributed by atoms with E-state index < -0.39 is 5.97 Å². The van der Waals surface area contributed by atoms with Crippen LogP contribution in [0, 0.1) is 0 Å². The minimum Gasteiger partial charge on any atom is -0.465 e. The second-order valence-corrected chi connectivity index (χ2v) is 5.03. The third-order valence-corrected chi connectivity index (χ3v) is 3.51. The molecule has 1 N–H and O–H groups in total. The first-order valence-corrected chi connectivity index (χ1v) is 7.02. The largest absolute Gasteiger partial charge is 0.465 e. The van der Waals surface area contributed by atoms with Crippen LogP contribution in [-0.4, -0.2) is 67.9 Å². The monoisotopic (exact) mass is 305 g/mol. The Hall–Kier alpha value is -2.41. The molecule has 1 aliphatic heterocycles. The molecule has 7 nitrogen and oxygen atoms in total. The summed E-state index contributed by atoms with van der Waals surface area (Å²) < 4.78 is 4.61. The third-order valence-electron chi connectivity index (χ3n) is 3.51. The molecule has 0 aromatic heterocycles. The lowest BCUT2D eigenvalue weighted by Crippen LogP contribution is -2.48. The lowest BCUT2D eigenvalue weighted by Gasteiger charge is -2.31. The van der Waals surface area contributed by atoms with Crippen molar-refractivity contribution in [3.63, 3.8) is 0 Å². The summed E-state index contributed by atoms with van der Waals surface area (Å²) in [5.74, 6) is -0.531. The van der Waals surface area contributed by atoms with Crippen molar-refractivity contribution in [2.45, 2.75) is 0 Å². The Labute approximate surface area is 128 Å². The molecule has 0 saturated carbocycles. The molecule has 1 aromatic rings. The second kappa shape index (κ2) is 7.56. The van der Waals surface area contributed by atoms with Crippen LogP contribution in [0.1, 0.15) is 10.4 Å². The molecule has 1 aliphatic rings. The number of hydrogen-bond acceptors (Lipinski definition) is 5. The Kier molecular flexibility index (Phi) is 5.48. The number of rotatable bonds is 5. The zero-order chi connectivity index (χ0) is 15.9. The molecule has 0 aliphatic carbocycles. The average Bonchev–Trinajstić information content (AvgIpc) is 2.55. The fourth-order valence-electron chi connectivity index (χ4n) is 2.24. The molecule has 2 rings (SSSR count). The second-order valence-electron chi connectivity index (χ2n) is 5.03. The first kappa shape index (κ1) is 16.0. The number of nitrogens with one attached hydrogen (secondary N) is 1. The number of esters is 1. The van der Waals surface area contributed by atoms with Crippen molar-refractivity contribution >= 4 is 24.0 Å². The quantitative estimate of drug-likeness (QED) is 0.620. The molecule has 22 heavy (non-hydrogen) atoms. The molecule has 118 valence electrons. The fourth-order valence-corrected chi connectivity index (χ4v) is 2.24. The van der Waals surface area contributed by atoms with Gasteiger partial charge < -0.3 is 15.0 Å². The van der Waals surface area contributed by atoms with Gasteiger partial charge in [-0.25, -0.2) is 4.79 Å². The van der Waals surface area contributed by atoms with Crippen LogP contribution in [0.5, 0.6) is 0 Å². The van der Waals surface area contributed by atoms with Crippen molar-refractivity contribution in [1.29, 1.82) is 0 Å². The summed E-state index contributed by atoms with van der Waals surface area (Å²) in [6, 6.07) is 6.53. The predicted octanol–water partition coefficient (Wildman–Crippen LogP) is 0.186. The summed E-state index contributed by atoms with van der Waals surface area (Å²) in [7, 11) is 1.32. The number of anilines is 1. The first-order valence-electron chi connectivity index (χ1n) is 7.02. The lowest BCUT2D eigenvalue weighted by atomic mass is 10.2. The molecular formula is C15H19N3O4. The van der Waals surface area contributed by atoms with E-state index in [9.17, 15) is 14.4 Å². The SMILES string of the molecule is COC(=O)c1ccc(NC(=O)CN2CCN(C=O)CC2)cc1. The zero-order valence-corrected chi connectivity index (χ0v) is 12.4. The summed E-state index contributed by atoms with van der Waals surface area (Å²) in [6.45, 7) is 2.95. The molecule has 0 spiro atoms. The van der Waals surface area contributed by atoms with E-state index >= 15 is 0 Å². The lowest BCUT2D eigenvalue weighted by molar-refractivity contribution is -0.120. The standard InChI is InChI=1S/C15H19N3O4/c1-22-15(21)12-2-4-13(5-3-12)16-14(20)10-17-6-8-18(11-19)9-7-17/h2-5,11H,6-10H2,1H3,(H,16,20). The number of hydrogen-bond donors (Lipinski definition) is 1. The van der Waals surface area contributed by atoms with E-state index in [0.29, 0.717) is 37.4 Å². The number of benzene rings is 1. The van der Waals surface area contributed by atoms with Crippen LogP contribution in [-0.2, 0) is 14.3 Å². The number of piperazine rings is 1. The topological polar surface area (TPSA) is 79.0 Å². The smallest absolute Gasteiger partial charge is 0.337 e. The molecule has 1 heterocycles. The summed E-state index contributed by atoms with van der Waals surface area (Å²) in [5, 5.41) is 2.78. The minimum absolute atomic E-state index is 0.120. The van der Waals surface area contributed by atoms with Gasteiger partial charge in [0.05, 0.1) is 19.2 Å². The van der Waals surface area contributed by atoms with Gasteiger partial charge in [-0.2, -0.15) is 0 Å². The summed E-state index contributed by atoms with van der Waals surface area (Å²) in [6.07, 6.45) is 0.834. The van der Waals surface area contributed by atoms with Crippen molar-refractivity contribution in [3.05, 3.63) is 29.8 Å². The maximum Gasteiger partial charge on any atom is 0.337 e. The van der Waals surface area contributed by atoms with Crippen LogP contribution in [0.15, 0.2) is 24.3 Å². The Bertz CT molecular complexity index is 536. The van der Waals surface area contributed by atoms with E-state index in [1.807, 2.05) is 4.90 Å². The van der Waals surface area contributed by atoms with Crippen LogP contribution in [0.4, 0.5) is 5.69 Å². The number of ether oxygens (including phenoxy) is 1. The highest BCUT2D eigenvalue weighted by Crippen LogP contribution is 2.10. The maximum absolute atomic E-state index is 12.0. The molecule has 1 saturated heterocycles. The van der Waals surface area contributed by atoms with Gasteiger partial charge in [-0.3, -0.25) is 14.5 Å². The van der Waals surface area contributed by atoms with Crippen molar-refractivity contribution in [2.75, 3.05) is 45.2 Å². The molecule has 7 heteroatoms. The van der Waals surface area contributed by atoms with Gasteiger partial charge >= 0.3 is 5.97 Å². The van der Waals surface area contributed by atoms with Gasteiger partial charge in [-0.05, 0) is 24.3 Å². The Balaban J connectivity index is 1.82. The van der Waals surface area contributed by atoms with Gasteiger partial charge in [0.15, 0.2) is 0 Å². The van der Waals surface area contributed by atoms with E-state index in [2.05, 4.69) is 10.1 Å². The maximum atomic E-state index is 12.0. The van der Waals surface area contributed by atoms with E-state index in [1.54, 1.807) is 29.2 Å². The summed E-state index contributed by atoms with van der Waals surface area (Å²) in [4.78, 5) is 37.6. The predicted molar refractivity (Wildman–Crippen MR) is 80.5 cm³/mol. The Morgan fingerprint density at radius 1 is 1.18 bits per heavy atom. The fraction of sp³-hybridized carbons (Fsp3) is 0.400. The van der Waals surface area contributed by atoms with Crippen molar-refractivity contribution in [2.24, 2.45) is 0 Å². The highest BCUT2D eigenvalue weighted by Gasteiger charge is 2.17. The molecule has 1 aromatic carbocycles. The highest BCUT2D eigenvalue weighted by molar-refractivity contribution is 5.93. The Morgan fingerprint density at radius 2 is 1.82 bits per heavy atom. The van der Waals surface area contributed by atoms with Crippen LogP contribution in [0.3, 0.4) is 0 Å². The van der Waals surface area contributed by atoms with E-state index in [1.165, 1.54) is 7.11 Å². The summed E-state index contributed by atoms with van der Waals surface area (Å²) >= 11 is 0. The molecule has 1 fully saturated rings. The molecule has 0 unspecified atom stereocenters. The summed E-state index contributed by atoms with van der Waals surface area (Å²) in [5.41, 5.74) is 1.06. The van der Waals surface area contributed by atoms with E-state index in [4.69, 9.17) is 0 Å². The third kappa shape index (κ3) is 4.29. The Morgan fingerprint density at radius 3 is 2.36 bits per heavy atom. The molecule has 0 bridgehead atoms. The van der Waals surface area contributed by atoms with Gasteiger partial charge in [0.25, 0.3) is 0 Å². The average molecular weight is 305 g/mol. The first-order chi connectivity index (χ1) is 10.6. The van der Waals surface area contributed by atoms with Crippen LogP contribution >= 0.6 is 0 Å². The molecular weight excluding hydrogens is 286 g/mol. The number of amides is 2. The molecule has 0 radical (unpaired) electrons. The highest BCUT2D eigenvalue weighted by atomic mass is 16.5. The van der Waals surface area contributed by atoms with Gasteiger partial charge in [0, 0.05) is 31.9 Å². The number of methoxy groups -OCH3 is 1. The number of carbonyl (C=O) groups excluding carboxylic acids is 3. The van der Waals surface area contributed by atoms with Crippen molar-refractivity contribution < 1.29 is 19.1 Å². The van der Waals surface area contributed by atoms with Gasteiger partial charge in [-0.15, -0.1) is 0 Å². The molecule has 2 amide bonds. The van der Waals surface area contributed by atoms with Crippen LogP contribution in [0.2, 0.25) is 0 Å². The minimum atomic E-state index is -0.411. The van der Waals surface area contributed by atoms with Crippen LogP contribution in [0.25, 0.3) is 0 Å². The molecule has 0 atom stereocenters. The van der Waals surface area contributed by atoms with E-state index in [-0.39, 0.29) is 12.5 Å². The van der Waals surface area contributed by atoms with Gasteiger partial charge in [0.2, 0.25) is 12.3 Å². The van der Waals surface area contributed by atoms with Crippen LogP contribution < -0.4 is 5.32 Å². The zero-order valence-electron chi connectivity index (χ0n) is 12.4. The number of nitrogens with zero attached hydrogens (tertiary/aromatic N) is 2. The van der Waals surface area contributed by atoms with E-state index in [0.717, 1.165) is 6.41 Å². The van der Waals surface area contributed by atoms with Gasteiger partial charge in [0.1, 0.15) is 0 Å². The normalized spacial score (nSPS) is 15.2. The van der Waals surface area contributed by atoms with Gasteiger partial charge in [-0.1, -0.05) is 0 Å². The number of carbonyl (C=O) groups is 3. The van der Waals surface area contributed by atoms with Crippen molar-refractivity contribution in [1.82, 2.24) is 9.80 Å². The van der Waals surface area contributed by atoms with Crippen molar-refractivity contribution in [3.8, 4) is 0 Å².